The molecule has 1 heterocycles. The Morgan fingerprint density at radius 3 is 2.04 bits per heavy atom. The van der Waals surface area contributed by atoms with Gasteiger partial charge in [0.1, 0.15) is 8.07 Å². The van der Waals surface area contributed by atoms with Crippen LogP contribution in [0.3, 0.4) is 0 Å². The van der Waals surface area contributed by atoms with Crippen LogP contribution in [0.1, 0.15) is 47.2 Å². The van der Waals surface area contributed by atoms with Crippen LogP contribution in [0, 0.1) is 15.0 Å². The van der Waals surface area contributed by atoms with E-state index in [1.807, 2.05) is 0 Å². The fourth-order valence-electron chi connectivity index (χ4n) is 4.05. The molecule has 0 bridgehead atoms. The van der Waals surface area contributed by atoms with E-state index in [1.54, 1.807) is 0 Å². The third-order valence-electron chi connectivity index (χ3n) is 5.28. The molecule has 0 aliphatic carbocycles. The summed E-state index contributed by atoms with van der Waals surface area (Å²) in [6.45, 7) is 14.2. The highest BCUT2D eigenvalue weighted by Crippen LogP contribution is 2.40. The van der Waals surface area contributed by atoms with Gasteiger partial charge in [-0.05, 0) is 63.5 Å². The molecule has 1 aromatic heterocycles. The predicted octanol–water partition coefficient (Wildman–Crippen LogP) is 6.35. The number of fused-ring (bicyclic) bond motifs is 1. The fourth-order valence-corrected chi connectivity index (χ4v) is 9.77. The monoisotopic (exact) mass is 437 g/mol. The van der Waals surface area contributed by atoms with Crippen LogP contribution in [0.4, 0.5) is 0 Å². The molecule has 0 aliphatic heterocycles. The summed E-state index contributed by atoms with van der Waals surface area (Å²) in [5.74, 6) is 3.58. The van der Waals surface area contributed by atoms with E-state index in [2.05, 4.69) is 111 Å². The van der Waals surface area contributed by atoms with E-state index < -0.39 is 8.07 Å². The summed E-state index contributed by atoms with van der Waals surface area (Å²) in [6.07, 6.45) is 0. The summed E-state index contributed by atoms with van der Waals surface area (Å²) < 4.78 is 3.51. The van der Waals surface area contributed by atoms with Crippen molar-refractivity contribution in [3.63, 3.8) is 0 Å². The van der Waals surface area contributed by atoms with Crippen molar-refractivity contribution < 1.29 is 0 Å². The van der Waals surface area contributed by atoms with Gasteiger partial charge in [0.2, 0.25) is 0 Å². The standard InChI is InChI=1S/C20H28INSi/c1-14(2)23(15(3)4,16(5)6)11-10-19-13-17-12-18(21)8-9-20(17)22(19)7/h8-9,12-16H,1-7H3. The van der Waals surface area contributed by atoms with Crippen molar-refractivity contribution in [2.75, 3.05) is 0 Å². The maximum Gasteiger partial charge on any atom is 0.146 e. The largest absolute Gasteiger partial charge is 0.337 e. The lowest BCUT2D eigenvalue weighted by Gasteiger charge is -2.38. The molecular formula is C20H28INSi. The van der Waals surface area contributed by atoms with Crippen LogP contribution in [-0.4, -0.2) is 12.6 Å². The van der Waals surface area contributed by atoms with Crippen LogP contribution in [0.2, 0.25) is 16.6 Å². The minimum Gasteiger partial charge on any atom is -0.337 e. The van der Waals surface area contributed by atoms with Crippen molar-refractivity contribution >= 4 is 41.6 Å². The van der Waals surface area contributed by atoms with E-state index in [0.29, 0.717) is 16.6 Å². The van der Waals surface area contributed by atoms with Gasteiger partial charge < -0.3 is 4.57 Å². The average Bonchev–Trinajstić information content (AvgIpc) is 2.74. The molecule has 124 valence electrons. The molecule has 3 heteroatoms. The topological polar surface area (TPSA) is 4.93 Å². The van der Waals surface area contributed by atoms with Crippen molar-refractivity contribution in [3.8, 4) is 11.5 Å². The number of hydrogen-bond donors (Lipinski definition) is 0. The molecule has 0 aliphatic rings. The van der Waals surface area contributed by atoms with Crippen LogP contribution in [-0.2, 0) is 7.05 Å². The molecule has 1 aromatic carbocycles. The van der Waals surface area contributed by atoms with Gasteiger partial charge in [0.15, 0.2) is 0 Å². The molecule has 0 unspecified atom stereocenters. The Morgan fingerprint density at radius 2 is 1.52 bits per heavy atom. The van der Waals surface area contributed by atoms with Crippen LogP contribution >= 0.6 is 22.6 Å². The highest BCUT2D eigenvalue weighted by atomic mass is 127. The van der Waals surface area contributed by atoms with Gasteiger partial charge in [-0.15, -0.1) is 5.54 Å². The molecule has 0 saturated carbocycles. The first-order valence-corrected chi connectivity index (χ1v) is 11.8. The van der Waals surface area contributed by atoms with Gasteiger partial charge >= 0.3 is 0 Å². The third kappa shape index (κ3) is 3.39. The lowest BCUT2D eigenvalue weighted by atomic mass is 10.2. The molecule has 0 N–H and O–H groups in total. The summed E-state index contributed by atoms with van der Waals surface area (Å²) in [6, 6.07) is 8.83. The molecule has 0 fully saturated rings. The smallest absolute Gasteiger partial charge is 0.146 e. The number of aromatic nitrogens is 1. The van der Waals surface area contributed by atoms with E-state index in [-0.39, 0.29) is 0 Å². The number of aryl methyl sites for hydroxylation is 1. The zero-order valence-corrected chi connectivity index (χ0v) is 18.5. The molecule has 0 amide bonds. The maximum atomic E-state index is 3.83. The summed E-state index contributed by atoms with van der Waals surface area (Å²) in [4.78, 5) is 0. The van der Waals surface area contributed by atoms with Gasteiger partial charge in [0.05, 0.1) is 5.69 Å². The van der Waals surface area contributed by atoms with Gasteiger partial charge in [0.25, 0.3) is 0 Å². The van der Waals surface area contributed by atoms with E-state index in [0.717, 1.165) is 5.69 Å². The van der Waals surface area contributed by atoms with Gasteiger partial charge in [0, 0.05) is 21.5 Å². The van der Waals surface area contributed by atoms with Crippen molar-refractivity contribution in [3.05, 3.63) is 33.5 Å². The lowest BCUT2D eigenvalue weighted by Crippen LogP contribution is -2.43. The number of nitrogens with zero attached hydrogens (tertiary/aromatic N) is 1. The lowest BCUT2D eigenvalue weighted by molar-refractivity contribution is 0.838. The Labute approximate surface area is 156 Å². The molecule has 2 aromatic rings. The first-order chi connectivity index (χ1) is 10.7. The molecular weight excluding hydrogens is 409 g/mol. The highest BCUT2D eigenvalue weighted by Gasteiger charge is 2.41. The van der Waals surface area contributed by atoms with E-state index in [4.69, 9.17) is 0 Å². The fraction of sp³-hybridized carbons (Fsp3) is 0.500. The Bertz CT molecular complexity index is 737. The number of hydrogen-bond acceptors (Lipinski definition) is 0. The van der Waals surface area contributed by atoms with Gasteiger partial charge in [-0.3, -0.25) is 0 Å². The van der Waals surface area contributed by atoms with Crippen molar-refractivity contribution in [2.24, 2.45) is 7.05 Å². The predicted molar refractivity (Wildman–Crippen MR) is 114 cm³/mol. The van der Waals surface area contributed by atoms with E-state index >= 15 is 0 Å². The second-order valence-electron chi connectivity index (χ2n) is 7.44. The normalized spacial score (nSPS) is 12.3. The molecule has 0 radical (unpaired) electrons. The van der Waals surface area contributed by atoms with Crippen LogP contribution in [0.15, 0.2) is 24.3 Å². The van der Waals surface area contributed by atoms with Crippen molar-refractivity contribution in [1.29, 1.82) is 0 Å². The molecule has 0 saturated heterocycles. The number of rotatable bonds is 3. The second kappa shape index (κ2) is 7.02. The van der Waals surface area contributed by atoms with Gasteiger partial charge in [-0.25, -0.2) is 0 Å². The Hall–Kier alpha value is -0.733. The summed E-state index contributed by atoms with van der Waals surface area (Å²) in [7, 11) is 0.458. The van der Waals surface area contributed by atoms with Gasteiger partial charge in [-0.1, -0.05) is 47.5 Å². The van der Waals surface area contributed by atoms with Gasteiger partial charge in [-0.2, -0.15) is 0 Å². The van der Waals surface area contributed by atoms with Crippen LogP contribution in [0.25, 0.3) is 10.9 Å². The molecule has 1 nitrogen and oxygen atoms in total. The molecule has 0 atom stereocenters. The van der Waals surface area contributed by atoms with Crippen LogP contribution in [0.5, 0.6) is 0 Å². The Morgan fingerprint density at radius 1 is 0.957 bits per heavy atom. The highest BCUT2D eigenvalue weighted by molar-refractivity contribution is 14.1. The first kappa shape index (κ1) is 18.6. The zero-order chi connectivity index (χ0) is 17.4. The van der Waals surface area contributed by atoms with Crippen molar-refractivity contribution in [1.82, 2.24) is 4.57 Å². The van der Waals surface area contributed by atoms with Crippen molar-refractivity contribution in [2.45, 2.75) is 58.2 Å². The molecule has 2 rings (SSSR count). The minimum atomic E-state index is -1.67. The van der Waals surface area contributed by atoms with Crippen LogP contribution < -0.4 is 0 Å². The molecule has 0 spiro atoms. The van der Waals surface area contributed by atoms with E-state index in [1.165, 1.54) is 14.5 Å². The Balaban J connectivity index is 2.57. The average molecular weight is 437 g/mol. The molecule has 23 heavy (non-hydrogen) atoms. The first-order valence-electron chi connectivity index (χ1n) is 8.48. The Kier molecular flexibility index (Phi) is 5.68. The zero-order valence-electron chi connectivity index (χ0n) is 15.4. The number of halogens is 1. The summed E-state index contributed by atoms with van der Waals surface area (Å²) in [5.41, 5.74) is 8.25. The minimum absolute atomic E-state index is 0.672. The summed E-state index contributed by atoms with van der Waals surface area (Å²) in [5, 5.41) is 1.29. The maximum absolute atomic E-state index is 3.83. The number of benzene rings is 1. The second-order valence-corrected chi connectivity index (χ2v) is 14.3. The quantitative estimate of drug-likeness (QED) is 0.300. The third-order valence-corrected chi connectivity index (χ3v) is 12.2. The SMILES string of the molecule is CC(C)[Si](C#Cc1cc2cc(I)ccc2n1C)(C(C)C)C(C)C. The van der Waals surface area contributed by atoms with E-state index in [9.17, 15) is 0 Å². The summed E-state index contributed by atoms with van der Waals surface area (Å²) >= 11 is 2.37.